The molecule has 1 heterocycles. The van der Waals surface area contributed by atoms with E-state index in [9.17, 15) is 26.3 Å². The molecule has 65 heavy (non-hydrogen) atoms. The van der Waals surface area contributed by atoms with Gasteiger partial charge in [0.2, 0.25) is 0 Å². The second-order valence-electron chi connectivity index (χ2n) is 16.3. The van der Waals surface area contributed by atoms with Gasteiger partial charge in [-0.15, -0.1) is 0 Å². The summed E-state index contributed by atoms with van der Waals surface area (Å²) in [5.41, 5.74) is 10.6. The topological polar surface area (TPSA) is 4.93 Å². The fraction of sp³-hybridized carbons (Fsp3) is 0.0345. The fourth-order valence-corrected chi connectivity index (χ4v) is 9.36. The average Bonchev–Trinajstić information content (AvgIpc) is 3.66. The largest absolute Gasteiger partial charge is 0.416 e. The number of hydrogen-bond donors (Lipinski definition) is 0. The molecule has 1 nitrogen and oxygen atoms in total. The first kappa shape index (κ1) is 39.9. The van der Waals surface area contributed by atoms with Gasteiger partial charge in [-0.05, 0) is 144 Å². The summed E-state index contributed by atoms with van der Waals surface area (Å²) in [6.45, 7) is 0. The first-order valence-electron chi connectivity index (χ1n) is 21.1. The Bertz CT molecular complexity index is 3450. The van der Waals surface area contributed by atoms with E-state index >= 15 is 0 Å². The van der Waals surface area contributed by atoms with Gasteiger partial charge in [-0.3, -0.25) is 0 Å². The summed E-state index contributed by atoms with van der Waals surface area (Å²) in [5, 5.41) is 6.36. The number of alkyl halides is 6. The maximum Gasteiger partial charge on any atom is 0.416 e. The smallest absolute Gasteiger partial charge is 0.309 e. The van der Waals surface area contributed by atoms with Crippen LogP contribution in [-0.4, -0.2) is 4.57 Å². The quantitative estimate of drug-likeness (QED) is 0.116. The maximum atomic E-state index is 13.5. The van der Waals surface area contributed by atoms with Crippen LogP contribution in [0, 0.1) is 0 Å². The minimum absolute atomic E-state index is 0.624. The highest BCUT2D eigenvalue weighted by Crippen LogP contribution is 2.45. The van der Waals surface area contributed by atoms with E-state index in [0.717, 1.165) is 95.9 Å². The molecule has 0 fully saturated rings. The SMILES string of the molecule is FC(F)(F)c1ccc(-c2ccc3c(c2)c2cc(-c4ccc(C(F)(F)F)cc4)ccc2n3-c2ccc(-c3ccc4c(-c5ccccc5)c5ccccc5c(-c5ccccc5)c4c3)cc2)cc1. The lowest BCUT2D eigenvalue weighted by molar-refractivity contribution is -0.138. The first-order valence-corrected chi connectivity index (χ1v) is 21.1. The Morgan fingerprint density at radius 2 is 0.600 bits per heavy atom. The van der Waals surface area contributed by atoms with Crippen LogP contribution < -0.4 is 0 Å². The number of nitrogens with zero attached hydrogens (tertiary/aromatic N) is 1. The summed E-state index contributed by atoms with van der Waals surface area (Å²) in [4.78, 5) is 0. The van der Waals surface area contributed by atoms with Crippen molar-refractivity contribution in [2.75, 3.05) is 0 Å². The van der Waals surface area contributed by atoms with Crippen molar-refractivity contribution in [3.8, 4) is 61.3 Å². The molecule has 1 aromatic heterocycles. The van der Waals surface area contributed by atoms with E-state index in [1.54, 1.807) is 0 Å². The molecule has 0 radical (unpaired) electrons. The van der Waals surface area contributed by atoms with Crippen molar-refractivity contribution in [2.45, 2.75) is 12.4 Å². The summed E-state index contributed by atoms with van der Waals surface area (Å²) >= 11 is 0. The van der Waals surface area contributed by atoms with Gasteiger partial charge in [0.25, 0.3) is 0 Å². The Morgan fingerprint density at radius 1 is 0.262 bits per heavy atom. The molecule has 0 aliphatic rings. The Morgan fingerprint density at radius 3 is 1.03 bits per heavy atom. The number of fused-ring (bicyclic) bond motifs is 5. The second kappa shape index (κ2) is 15.4. The molecule has 314 valence electrons. The highest BCUT2D eigenvalue weighted by Gasteiger charge is 2.31. The van der Waals surface area contributed by atoms with Crippen LogP contribution in [0.5, 0.6) is 0 Å². The predicted octanol–water partition coefficient (Wildman–Crippen LogP) is 17.5. The average molecular weight is 860 g/mol. The molecule has 0 bridgehead atoms. The van der Waals surface area contributed by atoms with Gasteiger partial charge in [0, 0.05) is 16.5 Å². The predicted molar refractivity (Wildman–Crippen MR) is 253 cm³/mol. The Balaban J connectivity index is 1.05. The number of rotatable bonds is 6. The van der Waals surface area contributed by atoms with Gasteiger partial charge in [0.15, 0.2) is 0 Å². The Hall–Kier alpha value is -7.90. The molecule has 0 amide bonds. The summed E-state index contributed by atoms with van der Waals surface area (Å²) in [5.74, 6) is 0. The molecule has 0 N–H and O–H groups in total. The van der Waals surface area contributed by atoms with Crippen molar-refractivity contribution in [3.63, 3.8) is 0 Å². The molecule has 11 aromatic rings. The normalized spacial score (nSPS) is 12.2. The summed E-state index contributed by atoms with van der Waals surface area (Å²) < 4.78 is 82.9. The first-order chi connectivity index (χ1) is 31.5. The van der Waals surface area contributed by atoms with Crippen LogP contribution in [-0.2, 0) is 12.4 Å². The Kier molecular flexibility index (Phi) is 9.47. The standard InChI is InChI=1S/C58H35F6N/c59-57(60,61)44-24-15-36(16-25-44)42-22-31-53-50(33-42)51-34-43(37-17-26-45(27-18-37)58(62,63)64)23-32-54(51)65(53)46-28-19-38(20-29-46)41-21-30-49-52(35-41)56(40-11-5-2-6-12-40)48-14-8-7-13-47(48)55(49)39-9-3-1-4-10-39/h1-35H. The lowest BCUT2D eigenvalue weighted by Crippen LogP contribution is -2.03. The Labute approximate surface area is 370 Å². The lowest BCUT2D eigenvalue weighted by Gasteiger charge is -2.19. The van der Waals surface area contributed by atoms with Gasteiger partial charge in [-0.25, -0.2) is 0 Å². The van der Waals surface area contributed by atoms with Crippen molar-refractivity contribution in [1.29, 1.82) is 0 Å². The third kappa shape index (κ3) is 7.10. The van der Waals surface area contributed by atoms with Gasteiger partial charge in [-0.1, -0.05) is 146 Å². The molecule has 0 aliphatic carbocycles. The second-order valence-corrected chi connectivity index (χ2v) is 16.3. The number of aromatic nitrogens is 1. The summed E-state index contributed by atoms with van der Waals surface area (Å²) in [6, 6.07) is 66.6. The molecule has 11 rings (SSSR count). The zero-order chi connectivity index (χ0) is 44.5. The monoisotopic (exact) mass is 859 g/mol. The zero-order valence-electron chi connectivity index (χ0n) is 34.4. The van der Waals surface area contributed by atoms with E-state index in [1.165, 1.54) is 46.2 Å². The van der Waals surface area contributed by atoms with Gasteiger partial charge in [0.05, 0.1) is 22.2 Å². The van der Waals surface area contributed by atoms with Crippen LogP contribution in [0.4, 0.5) is 26.3 Å². The molecule has 0 aliphatic heterocycles. The maximum absolute atomic E-state index is 13.5. The molecule has 10 aromatic carbocycles. The summed E-state index contributed by atoms with van der Waals surface area (Å²) in [7, 11) is 0. The fourth-order valence-electron chi connectivity index (χ4n) is 9.36. The van der Waals surface area contributed by atoms with E-state index < -0.39 is 23.5 Å². The molecule has 7 heteroatoms. The van der Waals surface area contributed by atoms with Crippen molar-refractivity contribution < 1.29 is 26.3 Å². The molecule has 0 atom stereocenters. The van der Waals surface area contributed by atoms with Crippen molar-refractivity contribution in [3.05, 3.63) is 223 Å². The van der Waals surface area contributed by atoms with Crippen LogP contribution in [0.3, 0.4) is 0 Å². The molecule has 0 spiro atoms. The minimum Gasteiger partial charge on any atom is -0.309 e. The van der Waals surface area contributed by atoms with Crippen molar-refractivity contribution in [2.24, 2.45) is 0 Å². The third-order valence-corrected chi connectivity index (χ3v) is 12.5. The van der Waals surface area contributed by atoms with Gasteiger partial charge in [-0.2, -0.15) is 26.3 Å². The summed E-state index contributed by atoms with van der Waals surface area (Å²) in [6.07, 6.45) is -8.92. The van der Waals surface area contributed by atoms with E-state index in [2.05, 4.69) is 120 Å². The molecular weight excluding hydrogens is 825 g/mol. The van der Waals surface area contributed by atoms with E-state index in [-0.39, 0.29) is 0 Å². The van der Waals surface area contributed by atoms with Crippen LogP contribution in [0.2, 0.25) is 0 Å². The molecule has 0 unspecified atom stereocenters. The third-order valence-electron chi connectivity index (χ3n) is 12.5. The zero-order valence-corrected chi connectivity index (χ0v) is 34.4. The van der Waals surface area contributed by atoms with Gasteiger partial charge < -0.3 is 4.57 Å². The van der Waals surface area contributed by atoms with E-state index in [0.29, 0.717) is 11.1 Å². The van der Waals surface area contributed by atoms with Crippen LogP contribution in [0.15, 0.2) is 212 Å². The molecular formula is C58H35F6N. The molecule has 0 saturated carbocycles. The van der Waals surface area contributed by atoms with Crippen molar-refractivity contribution in [1.82, 2.24) is 4.57 Å². The molecule has 0 saturated heterocycles. The lowest BCUT2D eigenvalue weighted by atomic mass is 9.85. The van der Waals surface area contributed by atoms with Crippen LogP contribution >= 0.6 is 0 Å². The van der Waals surface area contributed by atoms with Crippen LogP contribution in [0.25, 0.3) is 105 Å². The van der Waals surface area contributed by atoms with Crippen LogP contribution in [0.1, 0.15) is 11.1 Å². The van der Waals surface area contributed by atoms with Crippen molar-refractivity contribution >= 4 is 43.4 Å². The highest BCUT2D eigenvalue weighted by molar-refractivity contribution is 6.22. The number of benzene rings is 10. The van der Waals surface area contributed by atoms with E-state index in [4.69, 9.17) is 0 Å². The number of hydrogen-bond acceptors (Lipinski definition) is 0. The highest BCUT2D eigenvalue weighted by atomic mass is 19.4. The van der Waals surface area contributed by atoms with Gasteiger partial charge >= 0.3 is 12.4 Å². The van der Waals surface area contributed by atoms with E-state index in [1.807, 2.05) is 48.5 Å². The minimum atomic E-state index is -4.46. The number of halogens is 6. The van der Waals surface area contributed by atoms with Gasteiger partial charge in [0.1, 0.15) is 0 Å².